The first kappa shape index (κ1) is 15.1. The third-order valence-electron chi connectivity index (χ3n) is 2.57. The van der Waals surface area contributed by atoms with Crippen LogP contribution < -0.4 is 5.32 Å². The molecule has 1 aromatic heterocycles. The van der Waals surface area contributed by atoms with Gasteiger partial charge >= 0.3 is 5.97 Å². The highest BCUT2D eigenvalue weighted by molar-refractivity contribution is 7.15. The summed E-state index contributed by atoms with van der Waals surface area (Å²) in [6.45, 7) is 2.02. The molecule has 0 saturated carbocycles. The van der Waals surface area contributed by atoms with E-state index in [9.17, 15) is 9.59 Å². The number of aromatic nitrogens is 2. The zero-order valence-electron chi connectivity index (χ0n) is 11.5. The van der Waals surface area contributed by atoms with Crippen LogP contribution in [0.15, 0.2) is 30.3 Å². The van der Waals surface area contributed by atoms with Crippen molar-refractivity contribution in [3.63, 3.8) is 0 Å². The Morgan fingerprint density at radius 1 is 1.19 bits per heavy atom. The molecule has 0 bridgehead atoms. The predicted octanol–water partition coefficient (Wildman–Crippen LogP) is 2.31. The fourth-order valence-corrected chi connectivity index (χ4v) is 2.16. The van der Waals surface area contributed by atoms with E-state index in [2.05, 4.69) is 15.5 Å². The van der Waals surface area contributed by atoms with Crippen molar-refractivity contribution in [2.75, 3.05) is 5.32 Å². The molecule has 1 N–H and O–H groups in total. The van der Waals surface area contributed by atoms with E-state index >= 15 is 0 Å². The van der Waals surface area contributed by atoms with E-state index in [1.165, 1.54) is 11.3 Å². The van der Waals surface area contributed by atoms with Gasteiger partial charge < -0.3 is 10.1 Å². The Bertz CT molecular complexity index is 613. The van der Waals surface area contributed by atoms with Crippen LogP contribution in [0.5, 0.6) is 0 Å². The van der Waals surface area contributed by atoms with E-state index in [4.69, 9.17) is 4.74 Å². The lowest BCUT2D eigenvalue weighted by atomic mass is 10.2. The lowest BCUT2D eigenvalue weighted by Gasteiger charge is -2.04. The molecule has 0 saturated heterocycles. The van der Waals surface area contributed by atoms with E-state index < -0.39 is 5.97 Å². The lowest BCUT2D eigenvalue weighted by Crippen LogP contribution is -2.14. The van der Waals surface area contributed by atoms with Gasteiger partial charge in [-0.15, -0.1) is 10.2 Å². The quantitative estimate of drug-likeness (QED) is 0.828. The Kier molecular flexibility index (Phi) is 5.39. The number of hydrogen-bond acceptors (Lipinski definition) is 6. The van der Waals surface area contributed by atoms with Crippen molar-refractivity contribution >= 4 is 28.3 Å². The topological polar surface area (TPSA) is 81.2 Å². The summed E-state index contributed by atoms with van der Waals surface area (Å²) < 4.78 is 5.09. The van der Waals surface area contributed by atoms with Crippen molar-refractivity contribution < 1.29 is 14.3 Å². The maximum atomic E-state index is 11.6. The third-order valence-corrected chi connectivity index (χ3v) is 3.33. The van der Waals surface area contributed by atoms with Crippen LogP contribution in [0.1, 0.15) is 23.4 Å². The van der Waals surface area contributed by atoms with E-state index in [-0.39, 0.29) is 25.4 Å². The average molecular weight is 305 g/mol. The van der Waals surface area contributed by atoms with Gasteiger partial charge in [-0.2, -0.15) is 0 Å². The molecule has 0 fully saturated rings. The molecule has 6 nitrogen and oxygen atoms in total. The molecule has 0 atom stereocenters. The summed E-state index contributed by atoms with van der Waals surface area (Å²) in [6.07, 6.45) is 0.0999. The van der Waals surface area contributed by atoms with Gasteiger partial charge in [-0.05, 0) is 12.5 Å². The number of carbonyl (C=O) groups excluding carboxylic acids is 2. The van der Waals surface area contributed by atoms with E-state index in [1.807, 2.05) is 30.3 Å². The Morgan fingerprint density at radius 3 is 2.62 bits per heavy atom. The summed E-state index contributed by atoms with van der Waals surface area (Å²) in [5, 5.41) is 11.4. The molecule has 0 aliphatic heterocycles. The molecule has 110 valence electrons. The lowest BCUT2D eigenvalue weighted by molar-refractivity contribution is -0.145. The number of amides is 1. The number of esters is 1. The summed E-state index contributed by atoms with van der Waals surface area (Å²) in [7, 11) is 0. The second-order valence-electron chi connectivity index (χ2n) is 4.32. The van der Waals surface area contributed by atoms with E-state index in [0.717, 1.165) is 10.6 Å². The van der Waals surface area contributed by atoms with Gasteiger partial charge in [0.2, 0.25) is 11.0 Å². The summed E-state index contributed by atoms with van der Waals surface area (Å²) in [5.41, 5.74) is 0.916. The van der Waals surface area contributed by atoms with Gasteiger partial charge in [0.15, 0.2) is 0 Å². The first-order valence-electron chi connectivity index (χ1n) is 6.43. The number of ether oxygens (including phenoxy) is 1. The number of nitrogens with zero attached hydrogens (tertiary/aromatic N) is 2. The van der Waals surface area contributed by atoms with Gasteiger partial charge in [0.1, 0.15) is 11.6 Å². The number of benzene rings is 1. The monoisotopic (exact) mass is 305 g/mol. The highest BCUT2D eigenvalue weighted by Gasteiger charge is 2.10. The van der Waals surface area contributed by atoms with Crippen LogP contribution in [0, 0.1) is 6.92 Å². The molecule has 0 aliphatic rings. The summed E-state index contributed by atoms with van der Waals surface area (Å²) in [5.74, 6) is -0.676. The standard InChI is InChI=1S/C14H15N3O3S/c1-10-16-17-14(21-10)15-12(18)7-8-13(19)20-9-11-5-3-2-4-6-11/h2-6H,7-9H2,1H3,(H,15,17,18). The number of aryl methyl sites for hydroxylation is 1. The number of nitrogens with one attached hydrogen (secondary N) is 1. The number of carbonyl (C=O) groups is 2. The van der Waals surface area contributed by atoms with E-state index in [1.54, 1.807) is 6.92 Å². The molecule has 0 radical (unpaired) electrons. The highest BCUT2D eigenvalue weighted by atomic mass is 32.1. The molecule has 1 amide bonds. The molecule has 7 heteroatoms. The van der Waals surface area contributed by atoms with Crippen LogP contribution in [0.3, 0.4) is 0 Å². The molecule has 1 aromatic carbocycles. The van der Waals surface area contributed by atoms with Crippen LogP contribution in [0.2, 0.25) is 0 Å². The molecular weight excluding hydrogens is 290 g/mol. The molecule has 0 spiro atoms. The van der Waals surface area contributed by atoms with Crippen LogP contribution in [0.25, 0.3) is 0 Å². The second kappa shape index (κ2) is 7.49. The summed E-state index contributed by atoms with van der Waals surface area (Å²) in [4.78, 5) is 23.2. The van der Waals surface area contributed by atoms with Crippen molar-refractivity contribution in [1.82, 2.24) is 10.2 Å². The zero-order chi connectivity index (χ0) is 15.1. The molecule has 0 aliphatic carbocycles. The Labute approximate surface area is 126 Å². The molecule has 1 heterocycles. The largest absolute Gasteiger partial charge is 0.461 e. The van der Waals surface area contributed by atoms with Gasteiger partial charge in [0, 0.05) is 6.42 Å². The molecule has 0 unspecified atom stereocenters. The molecule has 21 heavy (non-hydrogen) atoms. The second-order valence-corrected chi connectivity index (χ2v) is 5.50. The summed E-state index contributed by atoms with van der Waals surface area (Å²) in [6, 6.07) is 9.39. The van der Waals surface area contributed by atoms with Crippen molar-refractivity contribution in [2.45, 2.75) is 26.4 Å². The summed E-state index contributed by atoms with van der Waals surface area (Å²) >= 11 is 1.29. The predicted molar refractivity (Wildman–Crippen MR) is 78.7 cm³/mol. The normalized spacial score (nSPS) is 10.1. The number of anilines is 1. The van der Waals surface area contributed by atoms with Crippen LogP contribution in [0.4, 0.5) is 5.13 Å². The van der Waals surface area contributed by atoms with Crippen molar-refractivity contribution in [3.8, 4) is 0 Å². The minimum Gasteiger partial charge on any atom is -0.461 e. The zero-order valence-corrected chi connectivity index (χ0v) is 12.4. The Morgan fingerprint density at radius 2 is 1.95 bits per heavy atom. The molecule has 2 aromatic rings. The first-order chi connectivity index (χ1) is 10.1. The van der Waals surface area contributed by atoms with E-state index in [0.29, 0.717) is 5.13 Å². The maximum absolute atomic E-state index is 11.6. The van der Waals surface area contributed by atoms with Crippen LogP contribution in [-0.4, -0.2) is 22.1 Å². The van der Waals surface area contributed by atoms with Gasteiger partial charge in [0.25, 0.3) is 0 Å². The van der Waals surface area contributed by atoms with Crippen molar-refractivity contribution in [3.05, 3.63) is 40.9 Å². The molecule has 2 rings (SSSR count). The number of rotatable bonds is 6. The van der Waals surface area contributed by atoms with Gasteiger partial charge in [0.05, 0.1) is 6.42 Å². The van der Waals surface area contributed by atoms with Crippen molar-refractivity contribution in [2.24, 2.45) is 0 Å². The van der Waals surface area contributed by atoms with Crippen molar-refractivity contribution in [1.29, 1.82) is 0 Å². The van der Waals surface area contributed by atoms with Gasteiger partial charge in [-0.1, -0.05) is 41.7 Å². The maximum Gasteiger partial charge on any atom is 0.306 e. The minimum atomic E-state index is -0.401. The Balaban J connectivity index is 1.67. The fraction of sp³-hybridized carbons (Fsp3) is 0.286. The third kappa shape index (κ3) is 5.31. The molecular formula is C14H15N3O3S. The fourth-order valence-electron chi connectivity index (χ4n) is 1.55. The van der Waals surface area contributed by atoms with Gasteiger partial charge in [-0.25, -0.2) is 0 Å². The van der Waals surface area contributed by atoms with Gasteiger partial charge in [-0.3, -0.25) is 9.59 Å². The smallest absolute Gasteiger partial charge is 0.306 e. The Hall–Kier alpha value is -2.28. The highest BCUT2D eigenvalue weighted by Crippen LogP contribution is 2.14. The number of hydrogen-bond donors (Lipinski definition) is 1. The first-order valence-corrected chi connectivity index (χ1v) is 7.24. The van der Waals surface area contributed by atoms with Crippen LogP contribution in [-0.2, 0) is 20.9 Å². The van der Waals surface area contributed by atoms with Crippen LogP contribution >= 0.6 is 11.3 Å². The SMILES string of the molecule is Cc1nnc(NC(=O)CCC(=O)OCc2ccccc2)s1. The minimum absolute atomic E-state index is 0.0381. The average Bonchev–Trinajstić information content (AvgIpc) is 2.89.